The molecule has 1 heterocycles. The lowest BCUT2D eigenvalue weighted by atomic mass is 9.92. The Hall–Kier alpha value is -2.09. The highest BCUT2D eigenvalue weighted by molar-refractivity contribution is 5.89. The number of hydrogen-bond donors (Lipinski definition) is 1. The molecule has 0 bridgehead atoms. The molecule has 0 aromatic heterocycles. The van der Waals surface area contributed by atoms with Crippen LogP contribution in [0.25, 0.3) is 0 Å². The number of alkyl halides is 3. The molecule has 1 fully saturated rings. The molecule has 2 amide bonds. The van der Waals surface area contributed by atoms with Crippen molar-refractivity contribution in [2.45, 2.75) is 25.6 Å². The summed E-state index contributed by atoms with van der Waals surface area (Å²) in [7, 11) is 1.53. The molecule has 2 atom stereocenters. The number of benzene rings is 1. The van der Waals surface area contributed by atoms with Gasteiger partial charge in [0.1, 0.15) is 0 Å². The summed E-state index contributed by atoms with van der Waals surface area (Å²) in [6, 6.07) is 3.87. The van der Waals surface area contributed by atoms with Gasteiger partial charge in [0.05, 0.1) is 24.1 Å². The molecule has 1 aliphatic rings. The summed E-state index contributed by atoms with van der Waals surface area (Å²) in [6.07, 6.45) is -4.44. The maximum Gasteiger partial charge on any atom is 0.416 e. The number of hydroxylamine groups is 1. The first kappa shape index (κ1) is 17.3. The molecule has 1 aromatic rings. The lowest BCUT2D eigenvalue weighted by molar-refractivity contribution is -0.139. The van der Waals surface area contributed by atoms with Crippen molar-refractivity contribution in [3.8, 4) is 0 Å². The summed E-state index contributed by atoms with van der Waals surface area (Å²) < 4.78 is 37.9. The maximum atomic E-state index is 12.6. The minimum Gasteiger partial charge on any atom is -0.338 e. The quantitative estimate of drug-likeness (QED) is 0.862. The molecule has 1 aliphatic heterocycles. The van der Waals surface area contributed by atoms with E-state index in [0.29, 0.717) is 5.56 Å². The van der Waals surface area contributed by atoms with Gasteiger partial charge in [0.2, 0.25) is 11.8 Å². The molecular formula is C15H17F3N2O3. The van der Waals surface area contributed by atoms with E-state index in [1.807, 2.05) is 0 Å². The Morgan fingerprint density at radius 3 is 2.48 bits per heavy atom. The van der Waals surface area contributed by atoms with Crippen molar-refractivity contribution in [3.63, 3.8) is 0 Å². The van der Waals surface area contributed by atoms with Crippen LogP contribution in [-0.2, 0) is 20.6 Å². The van der Waals surface area contributed by atoms with Gasteiger partial charge < -0.3 is 4.90 Å². The van der Waals surface area contributed by atoms with E-state index in [-0.39, 0.29) is 18.9 Å². The number of carbonyl (C=O) groups is 2. The van der Waals surface area contributed by atoms with Crippen LogP contribution < -0.4 is 5.48 Å². The van der Waals surface area contributed by atoms with Gasteiger partial charge in [0.25, 0.3) is 0 Å². The second kappa shape index (κ2) is 6.57. The van der Waals surface area contributed by atoms with Crippen LogP contribution in [0.2, 0.25) is 0 Å². The number of hydrogen-bond acceptors (Lipinski definition) is 3. The molecule has 0 spiro atoms. The first-order valence-electron chi connectivity index (χ1n) is 7.10. The van der Waals surface area contributed by atoms with Crippen LogP contribution in [0.5, 0.6) is 0 Å². The number of nitrogens with zero attached hydrogens (tertiary/aromatic N) is 1. The van der Waals surface area contributed by atoms with E-state index in [2.05, 4.69) is 5.48 Å². The van der Waals surface area contributed by atoms with Crippen LogP contribution in [0.4, 0.5) is 13.2 Å². The normalized spacial score (nSPS) is 21.6. The van der Waals surface area contributed by atoms with Crippen molar-refractivity contribution in [2.24, 2.45) is 5.92 Å². The zero-order valence-corrected chi connectivity index (χ0v) is 12.7. The van der Waals surface area contributed by atoms with Gasteiger partial charge in [-0.25, -0.2) is 5.48 Å². The second-order valence-corrected chi connectivity index (χ2v) is 5.28. The van der Waals surface area contributed by atoms with E-state index in [4.69, 9.17) is 4.84 Å². The molecule has 23 heavy (non-hydrogen) atoms. The standard InChI is InChI=1S/C15H17F3N2O3/c1-3-23-19-14(22)11-8-12(21)20(2)13(11)9-4-6-10(7-5-9)15(16,17)18/h4-7,11,13H,3,8H2,1-2H3,(H,19,22)/t11-,13-/m1/s1. The average molecular weight is 330 g/mol. The fraction of sp³-hybridized carbons (Fsp3) is 0.467. The summed E-state index contributed by atoms with van der Waals surface area (Å²) in [6.45, 7) is 1.97. The van der Waals surface area contributed by atoms with Crippen molar-refractivity contribution in [1.82, 2.24) is 10.4 Å². The van der Waals surface area contributed by atoms with E-state index < -0.39 is 29.6 Å². The topological polar surface area (TPSA) is 58.6 Å². The Bertz CT molecular complexity index is 587. The van der Waals surface area contributed by atoms with Crippen LogP contribution in [0.15, 0.2) is 24.3 Å². The lowest BCUT2D eigenvalue weighted by Crippen LogP contribution is -2.34. The SMILES string of the molecule is CCONC(=O)[C@@H]1CC(=O)N(C)[C@@H]1c1ccc(C(F)(F)F)cc1. The largest absolute Gasteiger partial charge is 0.416 e. The molecule has 1 saturated heterocycles. The molecule has 1 aromatic carbocycles. The van der Waals surface area contributed by atoms with Crippen LogP contribution in [0, 0.1) is 5.92 Å². The molecule has 0 radical (unpaired) electrons. The molecular weight excluding hydrogens is 313 g/mol. The third kappa shape index (κ3) is 3.64. The summed E-state index contributed by atoms with van der Waals surface area (Å²) in [5, 5.41) is 0. The second-order valence-electron chi connectivity index (χ2n) is 5.28. The zero-order chi connectivity index (χ0) is 17.2. The predicted octanol–water partition coefficient (Wildman–Crippen LogP) is 2.29. The van der Waals surface area contributed by atoms with E-state index in [9.17, 15) is 22.8 Å². The maximum absolute atomic E-state index is 12.6. The third-order valence-electron chi connectivity index (χ3n) is 3.82. The average Bonchev–Trinajstić information content (AvgIpc) is 2.80. The fourth-order valence-corrected chi connectivity index (χ4v) is 2.65. The molecule has 0 aliphatic carbocycles. The highest BCUT2D eigenvalue weighted by atomic mass is 19.4. The minimum absolute atomic E-state index is 0.0128. The number of carbonyl (C=O) groups excluding carboxylic acids is 2. The van der Waals surface area contributed by atoms with E-state index in [0.717, 1.165) is 12.1 Å². The van der Waals surface area contributed by atoms with E-state index in [1.54, 1.807) is 6.92 Å². The monoisotopic (exact) mass is 330 g/mol. The highest BCUT2D eigenvalue weighted by Gasteiger charge is 2.43. The van der Waals surface area contributed by atoms with Gasteiger partial charge in [0.15, 0.2) is 0 Å². The highest BCUT2D eigenvalue weighted by Crippen LogP contribution is 2.38. The molecule has 5 nitrogen and oxygen atoms in total. The van der Waals surface area contributed by atoms with E-state index >= 15 is 0 Å². The van der Waals surface area contributed by atoms with Crippen molar-refractivity contribution in [2.75, 3.05) is 13.7 Å². The van der Waals surface area contributed by atoms with Gasteiger partial charge >= 0.3 is 6.18 Å². The van der Waals surface area contributed by atoms with Crippen molar-refractivity contribution < 1.29 is 27.6 Å². The molecule has 0 saturated carbocycles. The van der Waals surface area contributed by atoms with Crippen LogP contribution >= 0.6 is 0 Å². The Kier molecular flexibility index (Phi) is 4.93. The summed E-state index contributed by atoms with van der Waals surface area (Å²) in [4.78, 5) is 30.2. The molecule has 1 N–H and O–H groups in total. The molecule has 126 valence electrons. The van der Waals surface area contributed by atoms with Crippen LogP contribution in [-0.4, -0.2) is 30.4 Å². The van der Waals surface area contributed by atoms with Gasteiger partial charge in [-0.3, -0.25) is 14.4 Å². The van der Waals surface area contributed by atoms with E-state index in [1.165, 1.54) is 24.1 Å². The Morgan fingerprint density at radius 1 is 1.35 bits per heavy atom. The lowest BCUT2D eigenvalue weighted by Gasteiger charge is -2.25. The Morgan fingerprint density at radius 2 is 1.96 bits per heavy atom. The van der Waals surface area contributed by atoms with Gasteiger partial charge in [-0.05, 0) is 24.6 Å². The van der Waals surface area contributed by atoms with Gasteiger partial charge in [-0.2, -0.15) is 13.2 Å². The first-order chi connectivity index (χ1) is 10.8. The molecule has 8 heteroatoms. The number of nitrogens with one attached hydrogen (secondary N) is 1. The smallest absolute Gasteiger partial charge is 0.338 e. The number of halogens is 3. The van der Waals surface area contributed by atoms with Gasteiger partial charge in [0, 0.05) is 13.5 Å². The Labute approximate surface area is 131 Å². The third-order valence-corrected chi connectivity index (χ3v) is 3.82. The number of likely N-dealkylation sites (tertiary alicyclic amines) is 1. The van der Waals surface area contributed by atoms with Crippen molar-refractivity contribution in [3.05, 3.63) is 35.4 Å². The summed E-state index contributed by atoms with van der Waals surface area (Å²) >= 11 is 0. The number of amides is 2. The number of rotatable bonds is 4. The predicted molar refractivity (Wildman–Crippen MR) is 74.8 cm³/mol. The fourth-order valence-electron chi connectivity index (χ4n) is 2.65. The summed E-state index contributed by atoms with van der Waals surface area (Å²) in [5.74, 6) is -1.42. The minimum atomic E-state index is -4.43. The first-order valence-corrected chi connectivity index (χ1v) is 7.10. The van der Waals surface area contributed by atoms with Crippen molar-refractivity contribution >= 4 is 11.8 Å². The Balaban J connectivity index is 2.26. The van der Waals surface area contributed by atoms with Gasteiger partial charge in [-0.15, -0.1) is 0 Å². The van der Waals surface area contributed by atoms with Crippen LogP contribution in [0.3, 0.4) is 0 Å². The van der Waals surface area contributed by atoms with Crippen molar-refractivity contribution in [1.29, 1.82) is 0 Å². The molecule has 0 unspecified atom stereocenters. The van der Waals surface area contributed by atoms with Crippen LogP contribution in [0.1, 0.15) is 30.5 Å². The molecule has 2 rings (SSSR count). The van der Waals surface area contributed by atoms with Gasteiger partial charge in [-0.1, -0.05) is 12.1 Å². The zero-order valence-electron chi connectivity index (χ0n) is 12.7. The summed E-state index contributed by atoms with van der Waals surface area (Å²) in [5.41, 5.74) is 1.95.